The van der Waals surface area contributed by atoms with Gasteiger partial charge in [0.05, 0.1) is 6.54 Å². The van der Waals surface area contributed by atoms with Crippen molar-refractivity contribution in [3.63, 3.8) is 0 Å². The second kappa shape index (κ2) is 5.42. The van der Waals surface area contributed by atoms with Crippen LogP contribution in [0.1, 0.15) is 26.3 Å². The van der Waals surface area contributed by atoms with Crippen molar-refractivity contribution in [3.05, 3.63) is 29.8 Å². The zero-order valence-electron chi connectivity index (χ0n) is 10.6. The van der Waals surface area contributed by atoms with E-state index in [0.717, 1.165) is 5.56 Å². The molecule has 0 amide bonds. The lowest BCUT2D eigenvalue weighted by atomic mass is 9.99. The van der Waals surface area contributed by atoms with Crippen LogP contribution in [0.25, 0.3) is 0 Å². The summed E-state index contributed by atoms with van der Waals surface area (Å²) in [5.74, 6) is -0.217. The van der Waals surface area contributed by atoms with E-state index in [0.29, 0.717) is 6.54 Å². The van der Waals surface area contributed by atoms with Gasteiger partial charge in [0.15, 0.2) is 0 Å². The molecule has 0 N–H and O–H groups in total. The summed E-state index contributed by atoms with van der Waals surface area (Å²) in [6.07, 6.45) is -2.82. The number of hydrogen-bond donors (Lipinski definition) is 0. The van der Waals surface area contributed by atoms with E-state index in [2.05, 4.69) is 9.73 Å². The largest absolute Gasteiger partial charge is 0.573 e. The molecule has 0 spiro atoms. The van der Waals surface area contributed by atoms with Gasteiger partial charge in [-0.05, 0) is 23.1 Å². The maximum Gasteiger partial charge on any atom is 0.573 e. The van der Waals surface area contributed by atoms with E-state index in [1.54, 1.807) is 12.1 Å². The van der Waals surface area contributed by atoms with Crippen LogP contribution < -0.4 is 4.74 Å². The average molecular weight is 259 g/mol. The van der Waals surface area contributed by atoms with Crippen molar-refractivity contribution in [2.24, 2.45) is 10.4 Å². The van der Waals surface area contributed by atoms with E-state index in [-0.39, 0.29) is 11.2 Å². The van der Waals surface area contributed by atoms with Crippen LogP contribution in [-0.4, -0.2) is 12.6 Å². The first kappa shape index (κ1) is 14.5. The van der Waals surface area contributed by atoms with Crippen molar-refractivity contribution in [2.75, 3.05) is 0 Å². The third-order valence-electron chi connectivity index (χ3n) is 1.91. The summed E-state index contributed by atoms with van der Waals surface area (Å²) in [6.45, 7) is 6.52. The number of hydrogen-bond acceptors (Lipinski definition) is 2. The number of alkyl halides is 3. The van der Waals surface area contributed by atoms with E-state index in [1.165, 1.54) is 12.1 Å². The summed E-state index contributed by atoms with van der Waals surface area (Å²) < 4.78 is 39.6. The van der Waals surface area contributed by atoms with Gasteiger partial charge in [-0.15, -0.1) is 13.2 Å². The van der Waals surface area contributed by atoms with Crippen LogP contribution in [0.3, 0.4) is 0 Å². The lowest BCUT2D eigenvalue weighted by Crippen LogP contribution is -2.17. The first-order valence-corrected chi connectivity index (χ1v) is 5.51. The molecule has 0 unspecified atom stereocenters. The molecule has 2 nitrogen and oxygen atoms in total. The number of rotatable bonds is 3. The maximum atomic E-state index is 11.9. The Morgan fingerprint density at radius 1 is 1.11 bits per heavy atom. The average Bonchev–Trinajstić information content (AvgIpc) is 2.16. The predicted molar refractivity (Wildman–Crippen MR) is 64.8 cm³/mol. The first-order valence-electron chi connectivity index (χ1n) is 5.51. The van der Waals surface area contributed by atoms with E-state index in [4.69, 9.17) is 0 Å². The van der Waals surface area contributed by atoms with Gasteiger partial charge in [-0.25, -0.2) is 0 Å². The van der Waals surface area contributed by atoms with Gasteiger partial charge in [0.2, 0.25) is 0 Å². The molecule has 0 saturated heterocycles. The lowest BCUT2D eigenvalue weighted by molar-refractivity contribution is -0.274. The Bertz CT molecular complexity index is 402. The molecule has 5 heteroatoms. The number of nitrogens with zero attached hydrogens (tertiary/aromatic N) is 1. The van der Waals surface area contributed by atoms with Gasteiger partial charge >= 0.3 is 6.36 Å². The highest BCUT2D eigenvalue weighted by Crippen LogP contribution is 2.22. The van der Waals surface area contributed by atoms with Gasteiger partial charge in [0.25, 0.3) is 0 Å². The molecule has 0 saturated carbocycles. The third kappa shape index (κ3) is 6.27. The van der Waals surface area contributed by atoms with Crippen LogP contribution in [0.4, 0.5) is 13.2 Å². The normalized spacial score (nSPS) is 13.0. The number of aliphatic imine (C=N–C) groups is 1. The summed E-state index contributed by atoms with van der Waals surface area (Å²) in [5, 5.41) is 0. The molecule has 0 fully saturated rings. The highest BCUT2D eigenvalue weighted by molar-refractivity contribution is 5.63. The monoisotopic (exact) mass is 259 g/mol. The molecule has 1 rings (SSSR count). The maximum absolute atomic E-state index is 11.9. The van der Waals surface area contributed by atoms with Crippen LogP contribution in [0.15, 0.2) is 29.3 Å². The summed E-state index contributed by atoms with van der Waals surface area (Å²) in [7, 11) is 0. The molecule has 1 aromatic rings. The molecule has 0 radical (unpaired) electrons. The van der Waals surface area contributed by atoms with E-state index in [9.17, 15) is 13.2 Å². The number of halogens is 3. The van der Waals surface area contributed by atoms with Crippen LogP contribution in [0, 0.1) is 5.41 Å². The van der Waals surface area contributed by atoms with Crippen LogP contribution in [-0.2, 0) is 6.54 Å². The lowest BCUT2D eigenvalue weighted by Gasteiger charge is -2.10. The van der Waals surface area contributed by atoms with Crippen molar-refractivity contribution in [3.8, 4) is 5.75 Å². The fourth-order valence-electron chi connectivity index (χ4n) is 1.22. The summed E-state index contributed by atoms with van der Waals surface area (Å²) in [5.41, 5.74) is 0.837. The molecule has 100 valence electrons. The van der Waals surface area contributed by atoms with Crippen molar-refractivity contribution < 1.29 is 17.9 Å². The summed E-state index contributed by atoms with van der Waals surface area (Å²) in [4.78, 5) is 4.23. The van der Waals surface area contributed by atoms with Gasteiger partial charge in [-0.3, -0.25) is 4.99 Å². The Labute approximate surface area is 104 Å². The summed E-state index contributed by atoms with van der Waals surface area (Å²) >= 11 is 0. The molecule has 0 aliphatic heterocycles. The zero-order chi connectivity index (χ0) is 13.8. The zero-order valence-corrected chi connectivity index (χ0v) is 10.6. The Balaban J connectivity index is 2.59. The van der Waals surface area contributed by atoms with E-state index in [1.807, 2.05) is 27.0 Å². The van der Waals surface area contributed by atoms with Gasteiger partial charge in [-0.2, -0.15) is 0 Å². The fraction of sp³-hybridized carbons (Fsp3) is 0.462. The smallest absolute Gasteiger partial charge is 0.406 e. The molecule has 1 aromatic carbocycles. The minimum Gasteiger partial charge on any atom is -0.406 e. The van der Waals surface area contributed by atoms with Gasteiger partial charge < -0.3 is 4.74 Å². The Morgan fingerprint density at radius 3 is 2.11 bits per heavy atom. The van der Waals surface area contributed by atoms with Gasteiger partial charge in [0.1, 0.15) is 5.75 Å². The quantitative estimate of drug-likeness (QED) is 0.745. The predicted octanol–water partition coefficient (Wildman–Crippen LogP) is 4.20. The molecule has 0 atom stereocenters. The molecule has 18 heavy (non-hydrogen) atoms. The third-order valence-corrected chi connectivity index (χ3v) is 1.91. The van der Waals surface area contributed by atoms with Crippen molar-refractivity contribution in [2.45, 2.75) is 33.7 Å². The molecule has 0 bridgehead atoms. The Hall–Kier alpha value is -1.52. The summed E-state index contributed by atoms with van der Waals surface area (Å²) in [6, 6.07) is 5.72. The molecular weight excluding hydrogens is 243 g/mol. The second-order valence-corrected chi connectivity index (χ2v) is 5.03. The molecule has 0 heterocycles. The second-order valence-electron chi connectivity index (χ2n) is 5.03. The fourth-order valence-corrected chi connectivity index (χ4v) is 1.22. The highest BCUT2D eigenvalue weighted by atomic mass is 19.4. The standard InChI is InChI=1S/C13H16F3NO/c1-12(2,3)9-17-8-10-4-6-11(7-5-10)18-13(14,15)16/h4-7,9H,8H2,1-3H3/b17-9+. The highest BCUT2D eigenvalue weighted by Gasteiger charge is 2.30. The van der Waals surface area contributed by atoms with Crippen molar-refractivity contribution in [1.82, 2.24) is 0 Å². The topological polar surface area (TPSA) is 21.6 Å². The van der Waals surface area contributed by atoms with Crippen LogP contribution in [0.2, 0.25) is 0 Å². The van der Waals surface area contributed by atoms with Gasteiger partial charge in [-0.1, -0.05) is 32.9 Å². The van der Waals surface area contributed by atoms with E-state index >= 15 is 0 Å². The molecule has 0 aromatic heterocycles. The van der Waals surface area contributed by atoms with Crippen molar-refractivity contribution in [1.29, 1.82) is 0 Å². The van der Waals surface area contributed by atoms with Gasteiger partial charge in [0, 0.05) is 6.21 Å². The minimum absolute atomic E-state index is 0.000659. The molecular formula is C13H16F3NO. The number of ether oxygens (including phenoxy) is 1. The van der Waals surface area contributed by atoms with Crippen LogP contribution >= 0.6 is 0 Å². The van der Waals surface area contributed by atoms with E-state index < -0.39 is 6.36 Å². The molecule has 0 aliphatic carbocycles. The van der Waals surface area contributed by atoms with Crippen molar-refractivity contribution >= 4 is 6.21 Å². The SMILES string of the molecule is CC(C)(C)/C=N/Cc1ccc(OC(F)(F)F)cc1. The Kier molecular flexibility index (Phi) is 4.38. The molecule has 0 aliphatic rings. The van der Waals surface area contributed by atoms with Crippen LogP contribution in [0.5, 0.6) is 5.75 Å². The first-order chi connectivity index (χ1) is 8.16. The Morgan fingerprint density at radius 2 is 1.67 bits per heavy atom. The number of benzene rings is 1. The minimum atomic E-state index is -4.65.